The third-order valence-corrected chi connectivity index (χ3v) is 3.85. The molecule has 1 atom stereocenters. The van der Waals surface area contributed by atoms with Gasteiger partial charge >= 0.3 is 6.03 Å². The van der Waals surface area contributed by atoms with Crippen LogP contribution in [0.5, 0.6) is 0 Å². The number of imide groups is 1. The molecule has 0 radical (unpaired) electrons. The normalized spacial score (nSPS) is 20.8. The molecule has 2 N–H and O–H groups in total. The van der Waals surface area contributed by atoms with E-state index in [1.54, 1.807) is 6.92 Å². The molecule has 6 heteroatoms. The first-order valence-electron chi connectivity index (χ1n) is 7.82. The van der Waals surface area contributed by atoms with Crippen molar-refractivity contribution in [3.63, 3.8) is 0 Å². The van der Waals surface area contributed by atoms with Gasteiger partial charge in [0.15, 0.2) is 0 Å². The summed E-state index contributed by atoms with van der Waals surface area (Å²) in [6.45, 7) is 5.48. The maximum atomic E-state index is 12.5. The zero-order valence-electron chi connectivity index (χ0n) is 13.8. The van der Waals surface area contributed by atoms with Crippen LogP contribution in [0.4, 0.5) is 4.79 Å². The van der Waals surface area contributed by atoms with Gasteiger partial charge < -0.3 is 5.32 Å². The van der Waals surface area contributed by atoms with E-state index in [4.69, 9.17) is 0 Å². The number of hydrazine groups is 1. The van der Waals surface area contributed by atoms with Crippen LogP contribution in [0.3, 0.4) is 0 Å². The number of nitrogens with one attached hydrogen (secondary N) is 2. The molecule has 1 aliphatic heterocycles. The maximum Gasteiger partial charge on any atom is 0.344 e. The number of carbonyl (C=O) groups excluding carboxylic acids is 3. The van der Waals surface area contributed by atoms with Crippen LogP contribution < -0.4 is 10.7 Å². The van der Waals surface area contributed by atoms with Gasteiger partial charge in [-0.2, -0.15) is 5.01 Å². The number of amides is 4. The molecular formula is C17H23N3O3. The molecule has 23 heavy (non-hydrogen) atoms. The zero-order chi connectivity index (χ0) is 17.0. The second-order valence-electron chi connectivity index (χ2n) is 6.52. The fourth-order valence-electron chi connectivity index (χ4n) is 2.54. The van der Waals surface area contributed by atoms with E-state index in [0.29, 0.717) is 12.8 Å². The van der Waals surface area contributed by atoms with Gasteiger partial charge in [0.2, 0.25) is 5.91 Å². The highest BCUT2D eigenvalue weighted by Gasteiger charge is 2.48. The summed E-state index contributed by atoms with van der Waals surface area (Å²) in [6, 6.07) is 9.18. The van der Waals surface area contributed by atoms with Crippen LogP contribution in [0.25, 0.3) is 0 Å². The van der Waals surface area contributed by atoms with E-state index in [2.05, 4.69) is 10.7 Å². The van der Waals surface area contributed by atoms with Crippen LogP contribution in [0.15, 0.2) is 30.3 Å². The number of benzene rings is 1. The maximum absolute atomic E-state index is 12.5. The van der Waals surface area contributed by atoms with Gasteiger partial charge in [0, 0.05) is 6.42 Å². The van der Waals surface area contributed by atoms with E-state index in [1.165, 1.54) is 0 Å². The lowest BCUT2D eigenvalue weighted by atomic mass is 9.93. The van der Waals surface area contributed by atoms with Crippen molar-refractivity contribution in [3.8, 4) is 0 Å². The second-order valence-corrected chi connectivity index (χ2v) is 6.52. The fourth-order valence-corrected chi connectivity index (χ4v) is 2.54. The van der Waals surface area contributed by atoms with Gasteiger partial charge in [-0.3, -0.25) is 15.0 Å². The van der Waals surface area contributed by atoms with Gasteiger partial charge in [-0.05, 0) is 31.2 Å². The van der Waals surface area contributed by atoms with Crippen molar-refractivity contribution < 1.29 is 14.4 Å². The summed E-state index contributed by atoms with van der Waals surface area (Å²) < 4.78 is 0. The Morgan fingerprint density at radius 1 is 1.26 bits per heavy atom. The fraction of sp³-hybridized carbons (Fsp3) is 0.471. The second kappa shape index (κ2) is 6.81. The molecule has 2 rings (SSSR count). The molecule has 0 aliphatic carbocycles. The minimum Gasteiger partial charge on any atom is -0.322 e. The predicted octanol–water partition coefficient (Wildman–Crippen LogP) is 2.01. The lowest BCUT2D eigenvalue weighted by Gasteiger charge is -2.21. The van der Waals surface area contributed by atoms with Crippen molar-refractivity contribution in [1.82, 2.24) is 15.8 Å². The summed E-state index contributed by atoms with van der Waals surface area (Å²) in [5, 5.41) is 3.48. The average molecular weight is 317 g/mol. The Labute approximate surface area is 136 Å². The van der Waals surface area contributed by atoms with E-state index >= 15 is 0 Å². The molecule has 1 unspecified atom stereocenters. The quantitative estimate of drug-likeness (QED) is 0.788. The Morgan fingerprint density at radius 2 is 1.91 bits per heavy atom. The van der Waals surface area contributed by atoms with Crippen LogP contribution in [0.1, 0.15) is 39.2 Å². The summed E-state index contributed by atoms with van der Waals surface area (Å²) in [4.78, 5) is 36.3. The molecule has 0 aromatic heterocycles. The molecule has 0 bridgehead atoms. The molecule has 1 aromatic carbocycles. The minimum atomic E-state index is -1.00. The Kier molecular flexibility index (Phi) is 5.03. The van der Waals surface area contributed by atoms with Gasteiger partial charge in [-0.25, -0.2) is 4.79 Å². The zero-order valence-corrected chi connectivity index (χ0v) is 13.8. The molecule has 0 spiro atoms. The molecule has 6 nitrogen and oxygen atoms in total. The Morgan fingerprint density at radius 3 is 2.52 bits per heavy atom. The summed E-state index contributed by atoms with van der Waals surface area (Å²) in [5.74, 6) is -0.605. The Balaban J connectivity index is 2.00. The van der Waals surface area contributed by atoms with Gasteiger partial charge in [-0.1, -0.05) is 44.2 Å². The number of aryl methyl sites for hydroxylation is 1. The third-order valence-electron chi connectivity index (χ3n) is 3.85. The third kappa shape index (κ3) is 4.09. The molecule has 1 aliphatic rings. The Hall–Kier alpha value is -2.37. The van der Waals surface area contributed by atoms with Crippen molar-refractivity contribution in [2.75, 3.05) is 0 Å². The summed E-state index contributed by atoms with van der Waals surface area (Å²) in [7, 11) is 0. The first-order valence-corrected chi connectivity index (χ1v) is 7.82. The number of carbonyl (C=O) groups is 3. The highest BCUT2D eigenvalue weighted by molar-refractivity contribution is 6.07. The Bertz CT molecular complexity index is 600. The van der Waals surface area contributed by atoms with E-state index in [0.717, 1.165) is 10.6 Å². The highest BCUT2D eigenvalue weighted by Crippen LogP contribution is 2.22. The monoisotopic (exact) mass is 317 g/mol. The number of nitrogens with zero attached hydrogens (tertiary/aromatic N) is 1. The van der Waals surface area contributed by atoms with Crippen molar-refractivity contribution in [3.05, 3.63) is 35.9 Å². The van der Waals surface area contributed by atoms with Crippen LogP contribution >= 0.6 is 0 Å². The molecule has 0 saturated carbocycles. The lowest BCUT2D eigenvalue weighted by molar-refractivity contribution is -0.139. The predicted molar refractivity (Wildman–Crippen MR) is 86.1 cm³/mol. The van der Waals surface area contributed by atoms with Crippen molar-refractivity contribution in [1.29, 1.82) is 0 Å². The van der Waals surface area contributed by atoms with Crippen LogP contribution in [0.2, 0.25) is 0 Å². The number of hydrogen-bond acceptors (Lipinski definition) is 3. The highest BCUT2D eigenvalue weighted by atomic mass is 16.2. The SMILES string of the molecule is CC(C)CC(=O)NN1C(=O)NC(C)(CCc2ccccc2)C1=O. The summed E-state index contributed by atoms with van der Waals surface area (Å²) in [5.41, 5.74) is 2.49. The van der Waals surface area contributed by atoms with Crippen molar-refractivity contribution >= 4 is 17.8 Å². The van der Waals surface area contributed by atoms with E-state index < -0.39 is 17.5 Å². The minimum absolute atomic E-state index is 0.153. The topological polar surface area (TPSA) is 78.5 Å². The standard InChI is InChI=1S/C17H23N3O3/c1-12(2)11-14(21)19-20-15(22)17(3,18-16(20)23)10-9-13-7-5-4-6-8-13/h4-8,12H,9-11H2,1-3H3,(H,18,23)(H,19,21). The number of hydrogen-bond donors (Lipinski definition) is 2. The van der Waals surface area contributed by atoms with Gasteiger partial charge in [0.25, 0.3) is 5.91 Å². The molecule has 1 saturated heterocycles. The summed E-state index contributed by atoms with van der Waals surface area (Å²) >= 11 is 0. The first-order chi connectivity index (χ1) is 10.8. The van der Waals surface area contributed by atoms with Gasteiger partial charge in [0.05, 0.1) is 0 Å². The molecule has 1 fully saturated rings. The molecule has 1 heterocycles. The van der Waals surface area contributed by atoms with Gasteiger partial charge in [-0.15, -0.1) is 0 Å². The molecule has 4 amide bonds. The van der Waals surface area contributed by atoms with Crippen LogP contribution in [0, 0.1) is 5.92 Å². The number of urea groups is 1. The summed E-state index contributed by atoms with van der Waals surface area (Å²) in [6.07, 6.45) is 1.40. The molecule has 1 aromatic rings. The average Bonchev–Trinajstić information content (AvgIpc) is 2.69. The first kappa shape index (κ1) is 17.0. The van der Waals surface area contributed by atoms with Crippen molar-refractivity contribution in [2.45, 2.75) is 45.6 Å². The van der Waals surface area contributed by atoms with Crippen LogP contribution in [-0.4, -0.2) is 28.4 Å². The van der Waals surface area contributed by atoms with E-state index in [-0.39, 0.29) is 18.2 Å². The number of rotatable bonds is 6. The van der Waals surface area contributed by atoms with Gasteiger partial charge in [0.1, 0.15) is 5.54 Å². The van der Waals surface area contributed by atoms with Crippen molar-refractivity contribution in [2.24, 2.45) is 5.92 Å². The van der Waals surface area contributed by atoms with E-state index in [1.807, 2.05) is 44.2 Å². The van der Waals surface area contributed by atoms with E-state index in [9.17, 15) is 14.4 Å². The lowest BCUT2D eigenvalue weighted by Crippen LogP contribution is -2.49. The molecule has 124 valence electrons. The largest absolute Gasteiger partial charge is 0.344 e. The van der Waals surface area contributed by atoms with Crippen LogP contribution in [-0.2, 0) is 16.0 Å². The smallest absolute Gasteiger partial charge is 0.322 e. The molecular weight excluding hydrogens is 294 g/mol.